The van der Waals surface area contributed by atoms with Gasteiger partial charge >= 0.3 is 0 Å². The number of benzene rings is 1. The molecule has 5 heteroatoms. The molecule has 0 aliphatic carbocycles. The van der Waals surface area contributed by atoms with Crippen LogP contribution in [0.2, 0.25) is 0 Å². The van der Waals surface area contributed by atoms with Crippen molar-refractivity contribution in [3.8, 4) is 0 Å². The van der Waals surface area contributed by atoms with Crippen LogP contribution in [-0.2, 0) is 4.79 Å². The predicted octanol–water partition coefficient (Wildman–Crippen LogP) is 2.39. The average Bonchev–Trinajstić information content (AvgIpc) is 2.46. The molecule has 1 aliphatic heterocycles. The number of hydrogen-bond donors (Lipinski definition) is 1. The lowest BCUT2D eigenvalue weighted by Crippen LogP contribution is -2.57. The zero-order valence-corrected chi connectivity index (χ0v) is 14.6. The van der Waals surface area contributed by atoms with Crippen LogP contribution in [-0.4, -0.2) is 47.4 Å². The van der Waals surface area contributed by atoms with Gasteiger partial charge in [-0.15, -0.1) is 0 Å². The van der Waals surface area contributed by atoms with Crippen molar-refractivity contribution in [3.63, 3.8) is 0 Å². The van der Waals surface area contributed by atoms with Crippen molar-refractivity contribution >= 4 is 21.8 Å². The highest BCUT2D eigenvalue weighted by molar-refractivity contribution is 9.10. The topological polar surface area (TPSA) is 49.6 Å². The van der Waals surface area contributed by atoms with Gasteiger partial charge in [0.25, 0.3) is 0 Å². The Morgan fingerprint density at radius 1 is 1.19 bits per heavy atom. The molecule has 21 heavy (non-hydrogen) atoms. The summed E-state index contributed by atoms with van der Waals surface area (Å²) in [6, 6.07) is 8.80. The third-order valence-electron chi connectivity index (χ3n) is 4.05. The summed E-state index contributed by atoms with van der Waals surface area (Å²) in [7, 11) is 0. The molecule has 1 heterocycles. The third-order valence-corrected chi connectivity index (χ3v) is 4.58. The first-order valence-corrected chi connectivity index (χ1v) is 8.16. The van der Waals surface area contributed by atoms with Gasteiger partial charge in [-0.1, -0.05) is 28.1 Å². The van der Waals surface area contributed by atoms with Gasteiger partial charge in [-0.2, -0.15) is 0 Å². The predicted molar refractivity (Wildman–Crippen MR) is 89.0 cm³/mol. The van der Waals surface area contributed by atoms with Gasteiger partial charge in [0, 0.05) is 36.7 Å². The van der Waals surface area contributed by atoms with Crippen molar-refractivity contribution in [3.05, 3.63) is 34.3 Å². The Morgan fingerprint density at radius 2 is 1.71 bits per heavy atom. The summed E-state index contributed by atoms with van der Waals surface area (Å²) in [6.07, 6.45) is 0. The number of halogens is 1. The van der Waals surface area contributed by atoms with Gasteiger partial charge in [-0.25, -0.2) is 0 Å². The second-order valence-electron chi connectivity index (χ2n) is 6.28. The van der Waals surface area contributed by atoms with Crippen LogP contribution in [0.3, 0.4) is 0 Å². The Bertz CT molecular complexity index is 487. The van der Waals surface area contributed by atoms with Crippen LogP contribution < -0.4 is 5.73 Å². The van der Waals surface area contributed by atoms with Gasteiger partial charge in [0.1, 0.15) is 0 Å². The van der Waals surface area contributed by atoms with Gasteiger partial charge in [0.15, 0.2) is 0 Å². The lowest BCUT2D eigenvalue weighted by Gasteiger charge is -2.40. The van der Waals surface area contributed by atoms with E-state index in [1.807, 2.05) is 4.90 Å². The van der Waals surface area contributed by atoms with Crippen LogP contribution in [0.5, 0.6) is 0 Å². The van der Waals surface area contributed by atoms with Gasteiger partial charge in [-0.05, 0) is 38.5 Å². The number of piperazine rings is 1. The molecule has 1 saturated heterocycles. The monoisotopic (exact) mass is 353 g/mol. The highest BCUT2D eigenvalue weighted by Gasteiger charge is 2.31. The summed E-state index contributed by atoms with van der Waals surface area (Å²) in [6.45, 7) is 9.03. The highest BCUT2D eigenvalue weighted by Crippen LogP contribution is 2.23. The van der Waals surface area contributed by atoms with Crippen LogP contribution >= 0.6 is 15.9 Å². The minimum Gasteiger partial charge on any atom is -0.339 e. The molecule has 1 aromatic rings. The fraction of sp³-hybridized carbons (Fsp3) is 0.562. The molecule has 2 rings (SSSR count). The summed E-state index contributed by atoms with van der Waals surface area (Å²) in [5, 5.41) is 0. The Labute approximate surface area is 135 Å². The Morgan fingerprint density at radius 3 is 2.19 bits per heavy atom. The molecule has 2 N–H and O–H groups in total. The summed E-state index contributed by atoms with van der Waals surface area (Å²) < 4.78 is 1.10. The second kappa shape index (κ2) is 6.46. The molecule has 1 atom stereocenters. The van der Waals surface area contributed by atoms with E-state index < -0.39 is 5.54 Å². The molecule has 0 saturated carbocycles. The number of nitrogens with zero attached hydrogens (tertiary/aromatic N) is 2. The number of carbonyl (C=O) groups excluding carboxylic acids is 1. The Kier molecular flexibility index (Phi) is 5.07. The van der Waals surface area contributed by atoms with Crippen LogP contribution in [0.1, 0.15) is 32.4 Å². The third kappa shape index (κ3) is 4.05. The van der Waals surface area contributed by atoms with Crippen molar-refractivity contribution < 1.29 is 4.79 Å². The van der Waals surface area contributed by atoms with Crippen molar-refractivity contribution in [1.29, 1.82) is 0 Å². The van der Waals surface area contributed by atoms with Gasteiger partial charge in [0.2, 0.25) is 5.91 Å². The maximum absolute atomic E-state index is 12.2. The molecular formula is C16H24BrN3O. The standard InChI is InChI=1S/C16H24BrN3O/c1-12(13-4-6-14(17)7-5-13)19-8-10-20(11-9-19)15(21)16(2,3)18/h4-7,12H,8-11,18H2,1-3H3. The minimum atomic E-state index is -0.778. The minimum absolute atomic E-state index is 0.0402. The van der Waals surface area contributed by atoms with E-state index in [2.05, 4.69) is 52.0 Å². The number of rotatable bonds is 3. The molecule has 116 valence electrons. The average molecular weight is 354 g/mol. The van der Waals surface area contributed by atoms with E-state index >= 15 is 0 Å². The van der Waals surface area contributed by atoms with E-state index in [4.69, 9.17) is 5.73 Å². The van der Waals surface area contributed by atoms with Crippen LogP contribution in [0.4, 0.5) is 0 Å². The first-order valence-electron chi connectivity index (χ1n) is 7.37. The molecule has 1 aromatic carbocycles. The maximum Gasteiger partial charge on any atom is 0.242 e. The van der Waals surface area contributed by atoms with E-state index in [1.165, 1.54) is 5.56 Å². The molecule has 1 unspecified atom stereocenters. The Balaban J connectivity index is 1.94. The molecule has 0 aromatic heterocycles. The van der Waals surface area contributed by atoms with E-state index in [1.54, 1.807) is 13.8 Å². The summed E-state index contributed by atoms with van der Waals surface area (Å²) >= 11 is 3.46. The second-order valence-corrected chi connectivity index (χ2v) is 7.19. The van der Waals surface area contributed by atoms with Crippen molar-refractivity contribution in [1.82, 2.24) is 9.80 Å². The molecule has 4 nitrogen and oxygen atoms in total. The zero-order chi connectivity index (χ0) is 15.6. The lowest BCUT2D eigenvalue weighted by molar-refractivity contribution is -0.137. The van der Waals surface area contributed by atoms with Crippen molar-refractivity contribution in [2.75, 3.05) is 26.2 Å². The molecule has 1 fully saturated rings. The lowest BCUT2D eigenvalue weighted by atomic mass is 10.0. The van der Waals surface area contributed by atoms with Crippen molar-refractivity contribution in [2.24, 2.45) is 5.73 Å². The number of hydrogen-bond acceptors (Lipinski definition) is 3. The fourth-order valence-corrected chi connectivity index (χ4v) is 2.94. The quantitative estimate of drug-likeness (QED) is 0.907. The van der Waals surface area contributed by atoms with Gasteiger partial charge in [0.05, 0.1) is 5.54 Å². The molecule has 0 radical (unpaired) electrons. The van der Waals surface area contributed by atoms with Gasteiger partial charge < -0.3 is 10.6 Å². The smallest absolute Gasteiger partial charge is 0.242 e. The summed E-state index contributed by atoms with van der Waals surface area (Å²) in [5.41, 5.74) is 6.42. The summed E-state index contributed by atoms with van der Waals surface area (Å²) in [4.78, 5) is 16.5. The van der Waals surface area contributed by atoms with Crippen LogP contribution in [0.25, 0.3) is 0 Å². The summed E-state index contributed by atoms with van der Waals surface area (Å²) in [5.74, 6) is 0.0402. The largest absolute Gasteiger partial charge is 0.339 e. The SMILES string of the molecule is CC(c1ccc(Br)cc1)N1CCN(C(=O)C(C)(C)N)CC1. The van der Waals surface area contributed by atoms with E-state index in [0.29, 0.717) is 6.04 Å². The molecule has 1 amide bonds. The van der Waals surface area contributed by atoms with Crippen LogP contribution in [0.15, 0.2) is 28.7 Å². The van der Waals surface area contributed by atoms with E-state index in [9.17, 15) is 4.79 Å². The molecule has 0 bridgehead atoms. The fourth-order valence-electron chi connectivity index (χ4n) is 2.67. The van der Waals surface area contributed by atoms with E-state index in [-0.39, 0.29) is 5.91 Å². The molecular weight excluding hydrogens is 330 g/mol. The normalized spacial score (nSPS) is 18.6. The van der Waals surface area contributed by atoms with Crippen molar-refractivity contribution in [2.45, 2.75) is 32.4 Å². The van der Waals surface area contributed by atoms with Crippen LogP contribution in [0, 0.1) is 0 Å². The highest BCUT2D eigenvalue weighted by atomic mass is 79.9. The van der Waals surface area contributed by atoms with Gasteiger partial charge in [-0.3, -0.25) is 9.69 Å². The maximum atomic E-state index is 12.2. The number of carbonyl (C=O) groups is 1. The molecule has 0 spiro atoms. The zero-order valence-electron chi connectivity index (χ0n) is 13.0. The number of amides is 1. The van der Waals surface area contributed by atoms with E-state index in [0.717, 1.165) is 30.7 Å². The number of nitrogens with two attached hydrogens (primary N) is 1. The first kappa shape index (κ1) is 16.5. The molecule has 1 aliphatic rings. The Hall–Kier alpha value is -0.910. The first-order chi connectivity index (χ1) is 9.79.